The summed E-state index contributed by atoms with van der Waals surface area (Å²) in [6, 6.07) is 17.3. The summed E-state index contributed by atoms with van der Waals surface area (Å²) in [4.78, 5) is 22.7. The Morgan fingerprint density at radius 3 is 2.47 bits per heavy atom. The molecule has 1 aromatic heterocycles. The molecular weight excluding hydrogens is 400 g/mol. The van der Waals surface area contributed by atoms with Crippen molar-refractivity contribution in [3.63, 3.8) is 0 Å². The molecule has 7 heteroatoms. The van der Waals surface area contributed by atoms with Gasteiger partial charge in [0.2, 0.25) is 0 Å². The molecule has 7 nitrogen and oxygen atoms in total. The Labute approximate surface area is 186 Å². The van der Waals surface area contributed by atoms with Gasteiger partial charge in [-0.25, -0.2) is 4.98 Å². The molecule has 1 aliphatic heterocycles. The number of nitriles is 2. The van der Waals surface area contributed by atoms with E-state index in [-0.39, 0.29) is 11.8 Å². The molecule has 1 saturated carbocycles. The topological polar surface area (TPSA) is 123 Å². The zero-order chi connectivity index (χ0) is 22.2. The first kappa shape index (κ1) is 20.0. The van der Waals surface area contributed by atoms with Gasteiger partial charge in [-0.3, -0.25) is 4.79 Å². The second-order valence-corrected chi connectivity index (χ2v) is 8.45. The minimum absolute atomic E-state index is 0.0415. The fourth-order valence-electron chi connectivity index (χ4n) is 4.21. The fraction of sp³-hybridized carbons (Fsp3) is 0.280. The largest absolute Gasteiger partial charge is 0.341 e. The van der Waals surface area contributed by atoms with E-state index in [1.165, 1.54) is 0 Å². The van der Waals surface area contributed by atoms with Gasteiger partial charge in [0.25, 0.3) is 5.91 Å². The smallest absolute Gasteiger partial charge is 0.253 e. The minimum atomic E-state index is -0.0415. The lowest BCUT2D eigenvalue weighted by Gasteiger charge is -2.39. The number of nitrogens with one attached hydrogen (secondary N) is 1. The van der Waals surface area contributed by atoms with Crippen LogP contribution in [0.3, 0.4) is 0 Å². The number of likely N-dealkylation sites (tertiary alicyclic amines) is 1. The maximum atomic E-state index is 13.1. The lowest BCUT2D eigenvalue weighted by Crippen LogP contribution is -2.48. The molecule has 0 radical (unpaired) electrons. The van der Waals surface area contributed by atoms with Crippen LogP contribution in [-0.2, 0) is 6.54 Å². The van der Waals surface area contributed by atoms with Crippen LogP contribution in [0.2, 0.25) is 0 Å². The Bertz CT molecular complexity index is 1270. The molecule has 0 spiro atoms. The highest BCUT2D eigenvalue weighted by Gasteiger charge is 2.33. The molecule has 158 valence electrons. The van der Waals surface area contributed by atoms with Gasteiger partial charge >= 0.3 is 0 Å². The number of aromatic nitrogens is 2. The van der Waals surface area contributed by atoms with E-state index in [1.807, 2.05) is 41.3 Å². The third-order valence-corrected chi connectivity index (χ3v) is 6.32. The molecule has 0 unspecified atom stereocenters. The minimum Gasteiger partial charge on any atom is -0.341 e. The van der Waals surface area contributed by atoms with Crippen molar-refractivity contribution >= 4 is 5.91 Å². The lowest BCUT2D eigenvalue weighted by atomic mass is 9.90. The summed E-state index contributed by atoms with van der Waals surface area (Å²) in [5, 5.41) is 18.5. The molecule has 0 bridgehead atoms. The molecule has 2 heterocycles. The molecule has 1 saturated heterocycles. The number of hydrogen-bond donors (Lipinski definition) is 2. The number of amides is 1. The zero-order valence-electron chi connectivity index (χ0n) is 17.5. The van der Waals surface area contributed by atoms with E-state index in [0.29, 0.717) is 48.1 Å². The van der Waals surface area contributed by atoms with E-state index in [1.54, 1.807) is 6.07 Å². The average Bonchev–Trinajstić information content (AvgIpc) is 3.56. The van der Waals surface area contributed by atoms with Crippen LogP contribution in [0.5, 0.6) is 0 Å². The lowest BCUT2D eigenvalue weighted by molar-refractivity contribution is 0.0602. The third-order valence-electron chi connectivity index (χ3n) is 6.32. The molecule has 1 aliphatic carbocycles. The standard InChI is InChI=1S/C25H22N6O/c26-10-15-1-3-16(4-2-15)20-13-31(14-20)25(32)18-7-8-19(11-27)21(9-18)23-22(12-28)29-24(30-23)17-5-6-17/h1-4,7-9,17,20H,5-6,11,13-14,27H2,(H,29,30). The number of nitrogens with two attached hydrogens (primary N) is 1. The molecule has 0 atom stereocenters. The molecule has 3 N–H and O–H groups in total. The number of hydrogen-bond acceptors (Lipinski definition) is 5. The van der Waals surface area contributed by atoms with Gasteiger partial charge < -0.3 is 15.6 Å². The van der Waals surface area contributed by atoms with E-state index < -0.39 is 0 Å². The first-order valence-corrected chi connectivity index (χ1v) is 10.7. The van der Waals surface area contributed by atoms with Gasteiger partial charge in [-0.2, -0.15) is 10.5 Å². The predicted octanol–water partition coefficient (Wildman–Crippen LogP) is 3.40. The molecule has 5 rings (SSSR count). The van der Waals surface area contributed by atoms with Crippen LogP contribution in [0, 0.1) is 22.7 Å². The second-order valence-electron chi connectivity index (χ2n) is 8.45. The Hall–Kier alpha value is -3.94. The molecule has 2 fully saturated rings. The van der Waals surface area contributed by atoms with E-state index in [9.17, 15) is 10.1 Å². The van der Waals surface area contributed by atoms with E-state index >= 15 is 0 Å². The van der Waals surface area contributed by atoms with Gasteiger partial charge in [-0.05, 0) is 48.2 Å². The van der Waals surface area contributed by atoms with Crippen LogP contribution in [0.4, 0.5) is 0 Å². The zero-order valence-corrected chi connectivity index (χ0v) is 17.5. The summed E-state index contributed by atoms with van der Waals surface area (Å²) in [7, 11) is 0. The molecular formula is C25H22N6O. The van der Waals surface area contributed by atoms with Gasteiger partial charge in [-0.1, -0.05) is 18.2 Å². The quantitative estimate of drug-likeness (QED) is 0.652. The van der Waals surface area contributed by atoms with Gasteiger partial charge in [0.05, 0.1) is 17.3 Å². The molecule has 3 aromatic rings. The summed E-state index contributed by atoms with van der Waals surface area (Å²) in [6.07, 6.45) is 2.16. The van der Waals surface area contributed by atoms with Crippen molar-refractivity contribution < 1.29 is 4.79 Å². The molecule has 2 aliphatic rings. The third kappa shape index (κ3) is 3.53. The summed E-state index contributed by atoms with van der Waals surface area (Å²) in [5.41, 5.74) is 10.9. The number of aromatic amines is 1. The van der Waals surface area contributed by atoms with Crippen molar-refractivity contribution in [1.82, 2.24) is 14.9 Å². The van der Waals surface area contributed by atoms with Crippen LogP contribution in [0.15, 0.2) is 42.5 Å². The number of carbonyl (C=O) groups is 1. The summed E-state index contributed by atoms with van der Waals surface area (Å²) in [6.45, 7) is 1.58. The number of imidazole rings is 1. The number of carbonyl (C=O) groups excluding carboxylic acids is 1. The SMILES string of the molecule is N#Cc1ccc(C2CN(C(=O)c3ccc(CN)c(-c4[nH]c(C5CC5)nc4C#N)c3)C2)cc1. The Kier molecular flexibility index (Phi) is 4.97. The predicted molar refractivity (Wildman–Crippen MR) is 118 cm³/mol. The highest BCUT2D eigenvalue weighted by Crippen LogP contribution is 2.40. The number of H-pyrrole nitrogens is 1. The highest BCUT2D eigenvalue weighted by atomic mass is 16.2. The second kappa shape index (κ2) is 7.96. The summed E-state index contributed by atoms with van der Waals surface area (Å²) in [5.74, 6) is 1.46. The van der Waals surface area contributed by atoms with Gasteiger partial charge in [0.1, 0.15) is 11.9 Å². The van der Waals surface area contributed by atoms with E-state index in [4.69, 9.17) is 11.0 Å². The van der Waals surface area contributed by atoms with Crippen molar-refractivity contribution in [2.45, 2.75) is 31.2 Å². The Morgan fingerprint density at radius 1 is 1.09 bits per heavy atom. The van der Waals surface area contributed by atoms with Crippen LogP contribution in [0.1, 0.15) is 63.2 Å². The van der Waals surface area contributed by atoms with Crippen LogP contribution in [-0.4, -0.2) is 33.9 Å². The van der Waals surface area contributed by atoms with Gasteiger partial charge in [0.15, 0.2) is 5.69 Å². The highest BCUT2D eigenvalue weighted by molar-refractivity contribution is 5.96. The van der Waals surface area contributed by atoms with Crippen molar-refractivity contribution in [1.29, 1.82) is 10.5 Å². The summed E-state index contributed by atoms with van der Waals surface area (Å²) >= 11 is 0. The van der Waals surface area contributed by atoms with Crippen LogP contribution < -0.4 is 5.73 Å². The Morgan fingerprint density at radius 2 is 1.84 bits per heavy atom. The number of nitrogens with zero attached hydrogens (tertiary/aromatic N) is 4. The maximum absolute atomic E-state index is 13.1. The monoisotopic (exact) mass is 422 g/mol. The molecule has 1 amide bonds. The van der Waals surface area contributed by atoms with E-state index in [2.05, 4.69) is 22.1 Å². The van der Waals surface area contributed by atoms with Crippen LogP contribution >= 0.6 is 0 Å². The van der Waals surface area contributed by atoms with Gasteiger partial charge in [0, 0.05) is 42.6 Å². The number of benzene rings is 2. The van der Waals surface area contributed by atoms with Crippen molar-refractivity contribution in [2.75, 3.05) is 13.1 Å². The van der Waals surface area contributed by atoms with Crippen molar-refractivity contribution in [3.05, 3.63) is 76.2 Å². The normalized spacial score (nSPS) is 15.7. The molecule has 2 aromatic carbocycles. The van der Waals surface area contributed by atoms with E-state index in [0.717, 1.165) is 35.4 Å². The van der Waals surface area contributed by atoms with Gasteiger partial charge in [-0.15, -0.1) is 0 Å². The first-order valence-electron chi connectivity index (χ1n) is 10.7. The first-order chi connectivity index (χ1) is 15.6. The fourth-order valence-corrected chi connectivity index (χ4v) is 4.21. The molecule has 32 heavy (non-hydrogen) atoms. The number of rotatable bonds is 5. The average molecular weight is 422 g/mol. The Balaban J connectivity index is 1.38. The van der Waals surface area contributed by atoms with Crippen molar-refractivity contribution in [2.24, 2.45) is 5.73 Å². The van der Waals surface area contributed by atoms with Crippen molar-refractivity contribution in [3.8, 4) is 23.4 Å². The van der Waals surface area contributed by atoms with Crippen LogP contribution in [0.25, 0.3) is 11.3 Å². The maximum Gasteiger partial charge on any atom is 0.253 e. The summed E-state index contributed by atoms with van der Waals surface area (Å²) < 4.78 is 0.